The van der Waals surface area contributed by atoms with E-state index in [2.05, 4.69) is 10.1 Å². The van der Waals surface area contributed by atoms with Gasteiger partial charge in [0.05, 0.1) is 29.7 Å². The number of imidazole rings is 1. The fourth-order valence-electron chi connectivity index (χ4n) is 5.24. The van der Waals surface area contributed by atoms with Gasteiger partial charge in [-0.2, -0.15) is 18.3 Å². The van der Waals surface area contributed by atoms with E-state index in [1.807, 2.05) is 47.8 Å². The van der Waals surface area contributed by atoms with Crippen LogP contribution >= 0.6 is 0 Å². The third-order valence-electron chi connectivity index (χ3n) is 6.96. The summed E-state index contributed by atoms with van der Waals surface area (Å²) < 4.78 is 51.6. The van der Waals surface area contributed by atoms with Crippen LogP contribution in [0.4, 0.5) is 13.2 Å². The Hall–Kier alpha value is -3.66. The number of aryl methyl sites for hydroxylation is 2. The highest BCUT2D eigenvalue weighted by atomic mass is 19.4. The van der Waals surface area contributed by atoms with Crippen LogP contribution in [0, 0.1) is 6.92 Å². The van der Waals surface area contributed by atoms with Gasteiger partial charge in [0.25, 0.3) is 0 Å². The molecule has 1 aliphatic rings. The van der Waals surface area contributed by atoms with E-state index in [9.17, 15) is 18.0 Å². The first-order chi connectivity index (χ1) is 18.1. The maximum atomic E-state index is 14.3. The van der Waals surface area contributed by atoms with Crippen molar-refractivity contribution in [3.63, 3.8) is 0 Å². The monoisotopic (exact) mass is 525 g/mol. The Balaban J connectivity index is 1.68. The van der Waals surface area contributed by atoms with Crippen molar-refractivity contribution in [3.8, 4) is 11.1 Å². The number of nitrogens with zero attached hydrogens (tertiary/aromatic N) is 5. The van der Waals surface area contributed by atoms with E-state index in [-0.39, 0.29) is 17.5 Å². The summed E-state index contributed by atoms with van der Waals surface area (Å²) >= 11 is 0. The van der Waals surface area contributed by atoms with Crippen LogP contribution in [-0.4, -0.2) is 50.9 Å². The Morgan fingerprint density at radius 3 is 2.61 bits per heavy atom. The lowest BCUT2D eigenvalue weighted by Crippen LogP contribution is -2.25. The number of fused-ring (bicyclic) bond motifs is 2. The van der Waals surface area contributed by atoms with Crippen molar-refractivity contribution in [1.29, 1.82) is 0 Å². The van der Waals surface area contributed by atoms with E-state index in [0.29, 0.717) is 22.4 Å². The second-order valence-electron chi connectivity index (χ2n) is 9.93. The fourth-order valence-corrected chi connectivity index (χ4v) is 5.24. The minimum absolute atomic E-state index is 0.0619. The number of halogens is 3. The molecule has 0 amide bonds. The summed E-state index contributed by atoms with van der Waals surface area (Å²) in [4.78, 5) is 19.6. The molecule has 0 aliphatic carbocycles. The van der Waals surface area contributed by atoms with Crippen LogP contribution in [0.25, 0.3) is 22.0 Å². The Labute approximate surface area is 218 Å². The summed E-state index contributed by atoms with van der Waals surface area (Å²) in [6.07, 6.45) is -0.00814. The topological polar surface area (TPSA) is 65.2 Å². The van der Waals surface area contributed by atoms with Gasteiger partial charge in [0.2, 0.25) is 0 Å². The smallest absolute Gasteiger partial charge is 0.417 e. The molecule has 0 spiro atoms. The van der Waals surface area contributed by atoms with Crippen LogP contribution in [0.3, 0.4) is 0 Å². The van der Waals surface area contributed by atoms with Crippen molar-refractivity contribution < 1.29 is 22.7 Å². The average Bonchev–Trinajstić information content (AvgIpc) is 3.57. The van der Waals surface area contributed by atoms with E-state index in [4.69, 9.17) is 4.74 Å². The first kappa shape index (κ1) is 26.0. The number of benzene rings is 2. The van der Waals surface area contributed by atoms with Crippen molar-refractivity contribution in [2.45, 2.75) is 52.0 Å². The maximum absolute atomic E-state index is 14.3. The predicted octanol–water partition coefficient (Wildman–Crippen LogP) is 5.39. The first-order valence-electron chi connectivity index (χ1n) is 12.6. The number of carbonyl (C=O) groups is 1. The fraction of sp³-hybridized carbons (Fsp3) is 0.393. The molecule has 2 aromatic heterocycles. The molecule has 5 rings (SSSR count). The van der Waals surface area contributed by atoms with Crippen LogP contribution in [-0.2, 0) is 35.2 Å². The van der Waals surface area contributed by atoms with E-state index in [0.717, 1.165) is 37.2 Å². The number of aromatic nitrogens is 4. The van der Waals surface area contributed by atoms with Crippen molar-refractivity contribution in [2.24, 2.45) is 0 Å². The first-order valence-corrected chi connectivity index (χ1v) is 12.6. The summed E-state index contributed by atoms with van der Waals surface area (Å²) in [6, 6.07) is 7.60. The summed E-state index contributed by atoms with van der Waals surface area (Å²) in [5, 5.41) is 4.51. The largest absolute Gasteiger partial charge is 0.464 e. The highest BCUT2D eigenvalue weighted by Gasteiger charge is 2.37. The number of carbonyl (C=O) groups excluding carboxylic acids is 1. The van der Waals surface area contributed by atoms with Crippen molar-refractivity contribution in [3.05, 3.63) is 70.9 Å². The van der Waals surface area contributed by atoms with Gasteiger partial charge in [-0.15, -0.1) is 0 Å². The molecule has 1 aliphatic heterocycles. The van der Waals surface area contributed by atoms with E-state index < -0.39 is 23.8 Å². The van der Waals surface area contributed by atoms with Crippen LogP contribution < -0.4 is 0 Å². The van der Waals surface area contributed by atoms with Crippen LogP contribution in [0.2, 0.25) is 0 Å². The third kappa shape index (κ3) is 4.69. The molecule has 4 aromatic rings. The molecule has 2 aromatic carbocycles. The number of alkyl halides is 3. The van der Waals surface area contributed by atoms with Gasteiger partial charge in [0, 0.05) is 30.4 Å². The molecule has 7 nitrogen and oxygen atoms in total. The van der Waals surface area contributed by atoms with Gasteiger partial charge in [-0.1, -0.05) is 24.3 Å². The highest BCUT2D eigenvalue weighted by Crippen LogP contribution is 2.41. The molecule has 1 atom stereocenters. The van der Waals surface area contributed by atoms with E-state index >= 15 is 0 Å². The molecule has 200 valence electrons. The molecule has 0 bridgehead atoms. The lowest BCUT2D eigenvalue weighted by Gasteiger charge is -2.15. The molecular formula is C28H30F3N5O2. The van der Waals surface area contributed by atoms with Crippen molar-refractivity contribution in [2.75, 3.05) is 20.7 Å². The quantitative estimate of drug-likeness (QED) is 0.303. The van der Waals surface area contributed by atoms with Crippen molar-refractivity contribution in [1.82, 2.24) is 24.2 Å². The van der Waals surface area contributed by atoms with Crippen molar-refractivity contribution >= 4 is 16.9 Å². The van der Waals surface area contributed by atoms with E-state index in [1.54, 1.807) is 20.2 Å². The van der Waals surface area contributed by atoms with Gasteiger partial charge in [-0.05, 0) is 69.1 Å². The number of ether oxygens (including phenoxy) is 1. The summed E-state index contributed by atoms with van der Waals surface area (Å²) in [5.41, 5.74) is 3.52. The number of hydrogen-bond donors (Lipinski definition) is 0. The third-order valence-corrected chi connectivity index (χ3v) is 6.96. The van der Waals surface area contributed by atoms with E-state index in [1.165, 1.54) is 16.9 Å². The molecule has 0 saturated carbocycles. The molecule has 38 heavy (non-hydrogen) atoms. The molecule has 0 fully saturated rings. The Morgan fingerprint density at radius 1 is 1.21 bits per heavy atom. The SMILES string of the molecule is CCOC(=O)C(c1ncn2c1CCC2)n1cc2c(C(F)(F)F)cc(-c3ccc(CN(C)C)cc3)c(C)c2n1. The Kier molecular flexibility index (Phi) is 6.77. The number of rotatable bonds is 7. The van der Waals surface area contributed by atoms with Gasteiger partial charge in [-0.3, -0.25) is 4.68 Å². The zero-order chi connectivity index (χ0) is 27.2. The summed E-state index contributed by atoms with van der Waals surface area (Å²) in [6.45, 7) is 5.09. The molecule has 0 saturated heterocycles. The second kappa shape index (κ2) is 9.90. The summed E-state index contributed by atoms with van der Waals surface area (Å²) in [7, 11) is 3.92. The minimum Gasteiger partial charge on any atom is -0.464 e. The van der Waals surface area contributed by atoms with Gasteiger partial charge in [0.15, 0.2) is 6.04 Å². The molecule has 0 radical (unpaired) electrons. The molecule has 10 heteroatoms. The van der Waals surface area contributed by atoms with Crippen LogP contribution in [0.15, 0.2) is 42.9 Å². The number of esters is 1. The Bertz CT molecular complexity index is 1490. The van der Waals surface area contributed by atoms with Crippen LogP contribution in [0.5, 0.6) is 0 Å². The standard InChI is InChI=1S/C28H30F3N5O2/c1-5-38-27(37)26(25-23-7-6-12-35(23)16-32-25)36-15-21-22(28(29,30)31)13-20(17(2)24(21)33-36)19-10-8-18(9-11-19)14-34(3)4/h8-11,13,15-16,26H,5-7,12,14H2,1-4H3. The highest BCUT2D eigenvalue weighted by molar-refractivity contribution is 5.92. The second-order valence-corrected chi connectivity index (χ2v) is 9.93. The summed E-state index contributed by atoms with van der Waals surface area (Å²) in [5.74, 6) is -0.600. The lowest BCUT2D eigenvalue weighted by atomic mass is 9.94. The lowest BCUT2D eigenvalue weighted by molar-refractivity contribution is -0.146. The molecule has 0 N–H and O–H groups in total. The van der Waals surface area contributed by atoms with Crippen LogP contribution in [0.1, 0.15) is 47.5 Å². The predicted molar refractivity (Wildman–Crippen MR) is 138 cm³/mol. The molecule has 3 heterocycles. The van der Waals surface area contributed by atoms with Gasteiger partial charge < -0.3 is 14.2 Å². The van der Waals surface area contributed by atoms with Gasteiger partial charge in [-0.25, -0.2) is 9.78 Å². The number of hydrogen-bond acceptors (Lipinski definition) is 5. The van der Waals surface area contributed by atoms with Gasteiger partial charge in [0.1, 0.15) is 0 Å². The Morgan fingerprint density at radius 2 is 1.95 bits per heavy atom. The average molecular weight is 526 g/mol. The normalized spacial score (nSPS) is 14.3. The minimum atomic E-state index is -4.62. The molecule has 1 unspecified atom stereocenters. The molecular weight excluding hydrogens is 495 g/mol. The maximum Gasteiger partial charge on any atom is 0.417 e. The zero-order valence-electron chi connectivity index (χ0n) is 21.8. The van der Waals surface area contributed by atoms with Gasteiger partial charge >= 0.3 is 12.1 Å². The zero-order valence-corrected chi connectivity index (χ0v) is 21.8.